The summed E-state index contributed by atoms with van der Waals surface area (Å²) in [5.41, 5.74) is 1.30. The number of aromatic nitrogens is 2. The first-order valence-corrected chi connectivity index (χ1v) is 7.69. The molecule has 0 bridgehead atoms. The number of likely N-dealkylation sites (N-methyl/N-ethyl adjacent to an activating group) is 1. The molecule has 0 amide bonds. The van der Waals surface area contributed by atoms with Gasteiger partial charge < -0.3 is 9.47 Å². The molecule has 1 aliphatic rings. The van der Waals surface area contributed by atoms with Crippen molar-refractivity contribution in [3.63, 3.8) is 0 Å². The molecule has 1 aromatic rings. The Bertz CT molecular complexity index is 353. The van der Waals surface area contributed by atoms with Crippen LogP contribution in [0.15, 0.2) is 12.5 Å². The smallest absolute Gasteiger partial charge is 0.0945 e. The summed E-state index contributed by atoms with van der Waals surface area (Å²) in [6.07, 6.45) is 9.47. The highest BCUT2D eigenvalue weighted by atomic mass is 15.2. The average molecular weight is 264 g/mol. The van der Waals surface area contributed by atoms with Gasteiger partial charge in [-0.05, 0) is 32.5 Å². The quantitative estimate of drug-likeness (QED) is 0.786. The Kier molecular flexibility index (Phi) is 5.86. The lowest BCUT2D eigenvalue weighted by molar-refractivity contribution is 0.205. The van der Waals surface area contributed by atoms with Crippen LogP contribution in [0.1, 0.15) is 38.3 Å². The molecule has 0 unspecified atom stereocenters. The minimum absolute atomic E-state index is 1.01. The molecular weight excluding hydrogens is 236 g/mol. The lowest BCUT2D eigenvalue weighted by Crippen LogP contribution is -2.35. The third kappa shape index (κ3) is 4.62. The number of nitrogens with zero attached hydrogens (tertiary/aromatic N) is 4. The van der Waals surface area contributed by atoms with E-state index in [1.165, 1.54) is 57.6 Å². The van der Waals surface area contributed by atoms with E-state index >= 15 is 0 Å². The Morgan fingerprint density at radius 1 is 1.21 bits per heavy atom. The van der Waals surface area contributed by atoms with Crippen LogP contribution >= 0.6 is 0 Å². The fourth-order valence-electron chi connectivity index (χ4n) is 2.76. The van der Waals surface area contributed by atoms with Crippen molar-refractivity contribution in [1.82, 2.24) is 19.4 Å². The molecule has 19 heavy (non-hydrogen) atoms. The molecule has 1 saturated heterocycles. The van der Waals surface area contributed by atoms with E-state index in [4.69, 9.17) is 0 Å². The fourth-order valence-corrected chi connectivity index (χ4v) is 2.76. The van der Waals surface area contributed by atoms with Crippen LogP contribution in [0.3, 0.4) is 0 Å². The van der Waals surface area contributed by atoms with Crippen LogP contribution in [0.4, 0.5) is 0 Å². The van der Waals surface area contributed by atoms with Crippen LogP contribution in [0.25, 0.3) is 0 Å². The summed E-state index contributed by atoms with van der Waals surface area (Å²) < 4.78 is 2.12. The van der Waals surface area contributed by atoms with E-state index in [1.54, 1.807) is 0 Å². The van der Waals surface area contributed by atoms with Gasteiger partial charge in [-0.1, -0.05) is 19.8 Å². The second-order valence-electron chi connectivity index (χ2n) is 5.62. The summed E-state index contributed by atoms with van der Waals surface area (Å²) in [5.74, 6) is 0. The molecule has 0 radical (unpaired) electrons. The number of rotatable bonds is 6. The van der Waals surface area contributed by atoms with Gasteiger partial charge in [0.2, 0.25) is 0 Å². The van der Waals surface area contributed by atoms with Gasteiger partial charge >= 0.3 is 0 Å². The van der Waals surface area contributed by atoms with Crippen molar-refractivity contribution in [3.8, 4) is 0 Å². The highest BCUT2D eigenvalue weighted by molar-refractivity contribution is 4.97. The van der Waals surface area contributed by atoms with Gasteiger partial charge in [-0.3, -0.25) is 4.90 Å². The van der Waals surface area contributed by atoms with E-state index in [0.717, 1.165) is 13.1 Å². The molecule has 0 atom stereocenters. The van der Waals surface area contributed by atoms with Crippen molar-refractivity contribution in [2.45, 2.75) is 39.2 Å². The molecule has 0 saturated carbocycles. The molecule has 1 fully saturated rings. The first-order chi connectivity index (χ1) is 9.29. The van der Waals surface area contributed by atoms with Gasteiger partial charge in [-0.15, -0.1) is 0 Å². The van der Waals surface area contributed by atoms with Gasteiger partial charge in [0, 0.05) is 32.9 Å². The first-order valence-electron chi connectivity index (χ1n) is 7.69. The molecule has 4 nitrogen and oxygen atoms in total. The van der Waals surface area contributed by atoms with Gasteiger partial charge in [-0.2, -0.15) is 0 Å². The van der Waals surface area contributed by atoms with E-state index < -0.39 is 0 Å². The molecule has 0 spiro atoms. The summed E-state index contributed by atoms with van der Waals surface area (Å²) in [4.78, 5) is 9.35. The Balaban J connectivity index is 1.77. The second kappa shape index (κ2) is 7.65. The molecule has 2 rings (SSSR count). The Morgan fingerprint density at radius 3 is 2.53 bits per heavy atom. The zero-order valence-electron chi connectivity index (χ0n) is 12.5. The monoisotopic (exact) mass is 264 g/mol. The van der Waals surface area contributed by atoms with E-state index in [1.807, 2.05) is 12.5 Å². The van der Waals surface area contributed by atoms with Gasteiger partial charge in [-0.25, -0.2) is 4.98 Å². The summed E-state index contributed by atoms with van der Waals surface area (Å²) in [5, 5.41) is 0. The van der Waals surface area contributed by atoms with Gasteiger partial charge in [0.1, 0.15) is 0 Å². The molecule has 0 N–H and O–H groups in total. The number of hydrogen-bond donors (Lipinski definition) is 0. The van der Waals surface area contributed by atoms with Gasteiger partial charge in [0.05, 0.1) is 12.0 Å². The lowest BCUT2D eigenvalue weighted by atomic mass is 10.2. The molecule has 2 heterocycles. The molecule has 4 heteroatoms. The number of aryl methyl sites for hydroxylation is 1. The lowest BCUT2D eigenvalue weighted by Gasteiger charge is -2.25. The first kappa shape index (κ1) is 14.5. The molecule has 0 aromatic carbocycles. The standard InChI is InChI=1S/C15H28N4/c1-3-18(13-15-12-16-14-17(15)2)10-11-19-8-6-4-5-7-9-19/h12,14H,3-11,13H2,1-2H3. The largest absolute Gasteiger partial charge is 0.337 e. The normalized spacial score (nSPS) is 17.8. The second-order valence-corrected chi connectivity index (χ2v) is 5.62. The molecule has 0 aliphatic carbocycles. The van der Waals surface area contributed by atoms with Crippen molar-refractivity contribution in [3.05, 3.63) is 18.2 Å². The molecular formula is C15H28N4. The van der Waals surface area contributed by atoms with Crippen molar-refractivity contribution >= 4 is 0 Å². The number of likely N-dealkylation sites (tertiary alicyclic amines) is 1. The van der Waals surface area contributed by atoms with E-state index in [9.17, 15) is 0 Å². The third-order valence-electron chi connectivity index (χ3n) is 4.18. The summed E-state index contributed by atoms with van der Waals surface area (Å²) in [6.45, 7) is 9.35. The maximum atomic E-state index is 4.20. The van der Waals surface area contributed by atoms with Crippen LogP contribution in [0.5, 0.6) is 0 Å². The summed E-state index contributed by atoms with van der Waals surface area (Å²) >= 11 is 0. The van der Waals surface area contributed by atoms with Crippen molar-refractivity contribution in [2.24, 2.45) is 7.05 Å². The minimum atomic E-state index is 1.01. The fraction of sp³-hybridized carbons (Fsp3) is 0.800. The van der Waals surface area contributed by atoms with Crippen molar-refractivity contribution < 1.29 is 0 Å². The van der Waals surface area contributed by atoms with Gasteiger partial charge in [0.15, 0.2) is 0 Å². The highest BCUT2D eigenvalue weighted by Gasteiger charge is 2.11. The third-order valence-corrected chi connectivity index (χ3v) is 4.18. The summed E-state index contributed by atoms with van der Waals surface area (Å²) in [7, 11) is 2.07. The Hall–Kier alpha value is -0.870. The minimum Gasteiger partial charge on any atom is -0.337 e. The van der Waals surface area contributed by atoms with E-state index in [-0.39, 0.29) is 0 Å². The van der Waals surface area contributed by atoms with Crippen molar-refractivity contribution in [2.75, 3.05) is 32.7 Å². The maximum absolute atomic E-state index is 4.20. The summed E-state index contributed by atoms with van der Waals surface area (Å²) in [6, 6.07) is 0. The van der Waals surface area contributed by atoms with Crippen LogP contribution in [-0.2, 0) is 13.6 Å². The van der Waals surface area contributed by atoms with Crippen molar-refractivity contribution in [1.29, 1.82) is 0 Å². The molecule has 1 aliphatic heterocycles. The van der Waals surface area contributed by atoms with Crippen LogP contribution < -0.4 is 0 Å². The Morgan fingerprint density at radius 2 is 1.95 bits per heavy atom. The number of hydrogen-bond acceptors (Lipinski definition) is 3. The topological polar surface area (TPSA) is 24.3 Å². The van der Waals surface area contributed by atoms with E-state index in [2.05, 4.69) is 33.3 Å². The van der Waals surface area contributed by atoms with Crippen LogP contribution in [0.2, 0.25) is 0 Å². The predicted octanol–water partition coefficient (Wildman–Crippen LogP) is 2.12. The van der Waals surface area contributed by atoms with Crippen LogP contribution in [0, 0.1) is 0 Å². The zero-order valence-corrected chi connectivity index (χ0v) is 12.5. The Labute approximate surface area is 117 Å². The predicted molar refractivity (Wildman–Crippen MR) is 79.1 cm³/mol. The molecule has 1 aromatic heterocycles. The zero-order chi connectivity index (χ0) is 13.5. The van der Waals surface area contributed by atoms with E-state index in [0.29, 0.717) is 0 Å². The molecule has 108 valence electrons. The number of imidazole rings is 1. The maximum Gasteiger partial charge on any atom is 0.0945 e. The van der Waals surface area contributed by atoms with Crippen LogP contribution in [-0.4, -0.2) is 52.1 Å². The SMILES string of the molecule is CCN(CCN1CCCCCC1)Cc1cncn1C. The average Bonchev–Trinajstić information content (AvgIpc) is 2.68. The highest BCUT2D eigenvalue weighted by Crippen LogP contribution is 2.10. The van der Waals surface area contributed by atoms with Gasteiger partial charge in [0.25, 0.3) is 0 Å².